The number of benzene rings is 2. The van der Waals surface area contributed by atoms with Crippen LogP contribution in [0, 0.1) is 37.8 Å². The largest absolute Gasteiger partial charge is 0.481 e. The maximum atomic E-state index is 12.4. The van der Waals surface area contributed by atoms with Crippen LogP contribution in [0.25, 0.3) is 0 Å². The molecule has 0 aromatic heterocycles. The average Bonchev–Trinajstić information content (AvgIpc) is 2.53. The monoisotopic (exact) mass is 342 g/mol. The number of hydrogen-bond donors (Lipinski definition) is 1. The summed E-state index contributed by atoms with van der Waals surface area (Å²) < 4.78 is 5.81. The van der Waals surface area contributed by atoms with E-state index in [1.165, 1.54) is 12.1 Å². The number of nitro benzene ring substituents is 1. The lowest BCUT2D eigenvalue weighted by Gasteiger charge is -2.18. The number of non-ortho nitro benzene ring substituents is 1. The van der Waals surface area contributed by atoms with Crippen molar-refractivity contribution in [3.8, 4) is 5.75 Å². The highest BCUT2D eigenvalue weighted by atomic mass is 16.6. The van der Waals surface area contributed by atoms with E-state index < -0.39 is 11.0 Å². The van der Waals surface area contributed by atoms with E-state index in [0.717, 1.165) is 22.3 Å². The number of nitro groups is 1. The highest BCUT2D eigenvalue weighted by molar-refractivity contribution is 5.95. The fraction of sp³-hybridized carbons (Fsp3) is 0.316. The van der Waals surface area contributed by atoms with E-state index in [9.17, 15) is 14.9 Å². The van der Waals surface area contributed by atoms with Crippen molar-refractivity contribution in [3.05, 3.63) is 62.7 Å². The number of rotatable bonds is 5. The topological polar surface area (TPSA) is 81.5 Å². The Kier molecular flexibility index (Phi) is 5.41. The number of nitrogens with zero attached hydrogens (tertiary/aromatic N) is 1. The number of hydrogen-bond acceptors (Lipinski definition) is 4. The van der Waals surface area contributed by atoms with Gasteiger partial charge in [0, 0.05) is 12.1 Å². The molecule has 1 atom stereocenters. The normalized spacial score (nSPS) is 11.7. The van der Waals surface area contributed by atoms with Gasteiger partial charge in [0.05, 0.1) is 10.6 Å². The molecule has 2 aromatic carbocycles. The van der Waals surface area contributed by atoms with E-state index in [0.29, 0.717) is 11.4 Å². The summed E-state index contributed by atoms with van der Waals surface area (Å²) in [6.07, 6.45) is -0.737. The summed E-state index contributed by atoms with van der Waals surface area (Å²) in [5, 5.41) is 13.6. The Bertz CT molecular complexity index is 830. The van der Waals surface area contributed by atoms with Crippen LogP contribution in [0.3, 0.4) is 0 Å². The van der Waals surface area contributed by atoms with Gasteiger partial charge in [-0.05, 0) is 62.9 Å². The molecule has 2 rings (SSSR count). The van der Waals surface area contributed by atoms with E-state index in [1.807, 2.05) is 26.8 Å². The summed E-state index contributed by atoms with van der Waals surface area (Å²) in [6, 6.07) is 8.31. The Morgan fingerprint density at radius 3 is 2.44 bits per heavy atom. The molecule has 0 aliphatic heterocycles. The number of nitrogens with one attached hydrogen (secondary N) is 1. The number of anilines is 1. The molecule has 25 heavy (non-hydrogen) atoms. The molecule has 2 aromatic rings. The fourth-order valence-corrected chi connectivity index (χ4v) is 2.46. The van der Waals surface area contributed by atoms with Gasteiger partial charge in [0.2, 0.25) is 0 Å². The van der Waals surface area contributed by atoms with E-state index in [1.54, 1.807) is 19.9 Å². The molecule has 0 aliphatic rings. The molecule has 0 radical (unpaired) electrons. The van der Waals surface area contributed by atoms with Crippen LogP contribution >= 0.6 is 0 Å². The lowest BCUT2D eigenvalue weighted by Crippen LogP contribution is -2.30. The second kappa shape index (κ2) is 7.34. The number of amides is 1. The van der Waals surface area contributed by atoms with Crippen LogP contribution in [-0.4, -0.2) is 16.9 Å². The van der Waals surface area contributed by atoms with Crippen LogP contribution in [0.4, 0.5) is 11.4 Å². The predicted octanol–water partition coefficient (Wildman–Crippen LogP) is 4.23. The molecule has 1 N–H and O–H groups in total. The van der Waals surface area contributed by atoms with Gasteiger partial charge in [-0.2, -0.15) is 0 Å². The molecular weight excluding hydrogens is 320 g/mol. The summed E-state index contributed by atoms with van der Waals surface area (Å²) in [5.41, 5.74) is 4.22. The first-order chi connectivity index (χ1) is 11.7. The highest BCUT2D eigenvalue weighted by Crippen LogP contribution is 2.25. The van der Waals surface area contributed by atoms with Gasteiger partial charge in [0.1, 0.15) is 5.75 Å². The predicted molar refractivity (Wildman–Crippen MR) is 97.2 cm³/mol. The summed E-state index contributed by atoms with van der Waals surface area (Å²) in [4.78, 5) is 22.8. The molecule has 0 saturated heterocycles. The highest BCUT2D eigenvalue weighted by Gasteiger charge is 2.18. The molecule has 0 heterocycles. The van der Waals surface area contributed by atoms with Gasteiger partial charge < -0.3 is 10.1 Å². The third kappa shape index (κ3) is 4.35. The number of carbonyl (C=O) groups excluding carboxylic acids is 1. The molecular formula is C19H22N2O4. The van der Waals surface area contributed by atoms with Gasteiger partial charge in [-0.15, -0.1) is 0 Å². The zero-order valence-corrected chi connectivity index (χ0v) is 15.0. The third-order valence-corrected chi connectivity index (χ3v) is 4.13. The minimum Gasteiger partial charge on any atom is -0.481 e. The number of ether oxygens (including phenoxy) is 1. The molecule has 0 bridgehead atoms. The Morgan fingerprint density at radius 1 is 1.12 bits per heavy atom. The molecule has 0 saturated carbocycles. The Hall–Kier alpha value is -2.89. The van der Waals surface area contributed by atoms with Crippen LogP contribution in [0.2, 0.25) is 0 Å². The van der Waals surface area contributed by atoms with Crippen molar-refractivity contribution in [2.75, 3.05) is 5.32 Å². The Labute approximate surface area is 147 Å². The lowest BCUT2D eigenvalue weighted by atomic mass is 10.1. The summed E-state index contributed by atoms with van der Waals surface area (Å²) >= 11 is 0. The van der Waals surface area contributed by atoms with Crippen molar-refractivity contribution in [2.45, 2.75) is 40.7 Å². The first kappa shape index (κ1) is 18.4. The second-order valence-corrected chi connectivity index (χ2v) is 6.21. The van der Waals surface area contributed by atoms with Crippen LogP contribution in [-0.2, 0) is 4.79 Å². The zero-order valence-electron chi connectivity index (χ0n) is 15.0. The SMILES string of the molecule is Cc1cc(C)c(C)c(O[C@H](C)C(=O)Nc2cc([N+](=O)[O-])ccc2C)c1. The second-order valence-electron chi connectivity index (χ2n) is 6.21. The standard InChI is InChI=1S/C19H22N2O4/c1-11-8-13(3)14(4)18(9-11)25-15(5)19(22)20-17-10-16(21(23)24)7-6-12(17)2/h6-10,15H,1-5H3,(H,20,22)/t15-/m1/s1. The quantitative estimate of drug-likeness (QED) is 0.651. The van der Waals surface area contributed by atoms with Gasteiger partial charge in [0.15, 0.2) is 6.10 Å². The zero-order chi connectivity index (χ0) is 18.7. The molecule has 0 spiro atoms. The Morgan fingerprint density at radius 2 is 1.80 bits per heavy atom. The van der Waals surface area contributed by atoms with Crippen LogP contribution < -0.4 is 10.1 Å². The van der Waals surface area contributed by atoms with Gasteiger partial charge in [-0.3, -0.25) is 14.9 Å². The van der Waals surface area contributed by atoms with Gasteiger partial charge >= 0.3 is 0 Å². The molecule has 0 unspecified atom stereocenters. The van der Waals surface area contributed by atoms with Crippen LogP contribution in [0.15, 0.2) is 30.3 Å². The number of carbonyl (C=O) groups is 1. The maximum Gasteiger partial charge on any atom is 0.271 e. The van der Waals surface area contributed by atoms with Crippen LogP contribution in [0.1, 0.15) is 29.2 Å². The van der Waals surface area contributed by atoms with Gasteiger partial charge in [0.25, 0.3) is 11.6 Å². The molecule has 1 amide bonds. The molecule has 6 heteroatoms. The number of aryl methyl sites for hydroxylation is 3. The molecule has 6 nitrogen and oxygen atoms in total. The van der Waals surface area contributed by atoms with E-state index >= 15 is 0 Å². The fourth-order valence-electron chi connectivity index (χ4n) is 2.46. The van der Waals surface area contributed by atoms with Crippen molar-refractivity contribution in [2.24, 2.45) is 0 Å². The third-order valence-electron chi connectivity index (χ3n) is 4.13. The minimum atomic E-state index is -0.737. The average molecular weight is 342 g/mol. The van der Waals surface area contributed by atoms with Crippen molar-refractivity contribution in [1.82, 2.24) is 0 Å². The van der Waals surface area contributed by atoms with Crippen molar-refractivity contribution in [3.63, 3.8) is 0 Å². The first-order valence-corrected chi connectivity index (χ1v) is 7.99. The summed E-state index contributed by atoms with van der Waals surface area (Å²) in [5.74, 6) is 0.304. The summed E-state index contributed by atoms with van der Waals surface area (Å²) in [7, 11) is 0. The smallest absolute Gasteiger partial charge is 0.271 e. The van der Waals surface area contributed by atoms with Crippen molar-refractivity contribution < 1.29 is 14.5 Å². The molecule has 132 valence electrons. The maximum absolute atomic E-state index is 12.4. The molecule has 0 aliphatic carbocycles. The first-order valence-electron chi connectivity index (χ1n) is 7.99. The van der Waals surface area contributed by atoms with Crippen molar-refractivity contribution >= 4 is 17.3 Å². The van der Waals surface area contributed by atoms with Crippen molar-refractivity contribution in [1.29, 1.82) is 0 Å². The van der Waals surface area contributed by atoms with E-state index in [-0.39, 0.29) is 11.6 Å². The molecule has 0 fully saturated rings. The Balaban J connectivity index is 2.16. The van der Waals surface area contributed by atoms with Gasteiger partial charge in [-0.1, -0.05) is 12.1 Å². The van der Waals surface area contributed by atoms with Crippen LogP contribution in [0.5, 0.6) is 5.75 Å². The minimum absolute atomic E-state index is 0.0698. The lowest BCUT2D eigenvalue weighted by molar-refractivity contribution is -0.384. The summed E-state index contributed by atoms with van der Waals surface area (Å²) in [6.45, 7) is 9.33. The van der Waals surface area contributed by atoms with E-state index in [2.05, 4.69) is 11.4 Å². The van der Waals surface area contributed by atoms with Gasteiger partial charge in [-0.25, -0.2) is 0 Å². The van der Waals surface area contributed by atoms with E-state index in [4.69, 9.17) is 4.74 Å².